The Hall–Kier alpha value is -1.80. The van der Waals surface area contributed by atoms with Gasteiger partial charge in [-0.15, -0.1) is 0 Å². The van der Waals surface area contributed by atoms with Gasteiger partial charge in [0, 0.05) is 6.54 Å². The second-order valence-electron chi connectivity index (χ2n) is 4.26. The summed E-state index contributed by atoms with van der Waals surface area (Å²) in [5, 5.41) is 8.92. The maximum Gasteiger partial charge on any atom is 0.240 e. The summed E-state index contributed by atoms with van der Waals surface area (Å²) in [5.74, 6) is -0.143. The number of carbonyl (C=O) groups is 1. The molecule has 5 nitrogen and oxygen atoms in total. The van der Waals surface area contributed by atoms with Gasteiger partial charge in [0.2, 0.25) is 5.91 Å². The van der Waals surface area contributed by atoms with Crippen molar-refractivity contribution < 1.29 is 9.21 Å². The highest BCUT2D eigenvalue weighted by Crippen LogP contribution is 2.18. The van der Waals surface area contributed by atoms with Crippen LogP contribution in [0, 0.1) is 11.3 Å². The monoisotopic (exact) mass is 233 g/mol. The van der Waals surface area contributed by atoms with Crippen LogP contribution in [-0.4, -0.2) is 29.4 Å². The van der Waals surface area contributed by atoms with E-state index in [9.17, 15) is 4.79 Å². The summed E-state index contributed by atoms with van der Waals surface area (Å²) in [6.45, 7) is 0.635. The minimum atomic E-state index is -0.596. The minimum Gasteiger partial charge on any atom is -0.472 e. The van der Waals surface area contributed by atoms with Crippen LogP contribution in [0.5, 0.6) is 0 Å². The predicted molar refractivity (Wildman–Crippen MR) is 60.7 cm³/mol. The van der Waals surface area contributed by atoms with Crippen molar-refractivity contribution in [2.45, 2.75) is 31.3 Å². The van der Waals surface area contributed by atoms with Crippen molar-refractivity contribution in [1.29, 1.82) is 5.26 Å². The van der Waals surface area contributed by atoms with Gasteiger partial charge < -0.3 is 15.1 Å². The standard InChI is InChI=1S/C12H15N3O2/c13-7-10-2-1-4-15(10)12(16)11(14)6-9-3-5-17-8-9/h3,5,8,10-11H,1-2,4,6,14H2/t10-,11-/m0/s1. The molecule has 17 heavy (non-hydrogen) atoms. The lowest BCUT2D eigenvalue weighted by Gasteiger charge is -2.23. The fraction of sp³-hybridized carbons (Fsp3) is 0.500. The highest BCUT2D eigenvalue weighted by molar-refractivity contribution is 5.82. The van der Waals surface area contributed by atoms with Gasteiger partial charge in [-0.3, -0.25) is 4.79 Å². The fourth-order valence-electron chi connectivity index (χ4n) is 2.13. The fourth-order valence-corrected chi connectivity index (χ4v) is 2.13. The summed E-state index contributed by atoms with van der Waals surface area (Å²) in [7, 11) is 0. The van der Waals surface area contributed by atoms with E-state index >= 15 is 0 Å². The van der Waals surface area contributed by atoms with Crippen molar-refractivity contribution in [3.8, 4) is 6.07 Å². The number of furan rings is 1. The van der Waals surface area contributed by atoms with E-state index in [1.54, 1.807) is 23.5 Å². The molecule has 0 unspecified atom stereocenters. The zero-order valence-corrected chi connectivity index (χ0v) is 9.50. The lowest BCUT2D eigenvalue weighted by atomic mass is 10.1. The van der Waals surface area contributed by atoms with E-state index in [-0.39, 0.29) is 11.9 Å². The van der Waals surface area contributed by atoms with Crippen LogP contribution in [0.1, 0.15) is 18.4 Å². The van der Waals surface area contributed by atoms with E-state index in [0.717, 1.165) is 18.4 Å². The maximum atomic E-state index is 12.1. The summed E-state index contributed by atoms with van der Waals surface area (Å²) in [6.07, 6.45) is 5.21. The first kappa shape index (κ1) is 11.7. The van der Waals surface area contributed by atoms with E-state index in [1.165, 1.54) is 0 Å². The van der Waals surface area contributed by atoms with Gasteiger partial charge in [0.15, 0.2) is 0 Å². The first-order valence-electron chi connectivity index (χ1n) is 5.69. The first-order chi connectivity index (χ1) is 8.22. The van der Waals surface area contributed by atoms with Crippen LogP contribution in [0.4, 0.5) is 0 Å². The third kappa shape index (κ3) is 2.48. The molecule has 1 aromatic heterocycles. The average molecular weight is 233 g/mol. The van der Waals surface area contributed by atoms with Crippen molar-refractivity contribution in [1.82, 2.24) is 4.90 Å². The van der Waals surface area contributed by atoms with E-state index < -0.39 is 6.04 Å². The molecule has 1 aliphatic heterocycles. The second-order valence-corrected chi connectivity index (χ2v) is 4.26. The number of hydrogen-bond acceptors (Lipinski definition) is 4. The van der Waals surface area contributed by atoms with Gasteiger partial charge in [-0.25, -0.2) is 0 Å². The van der Waals surface area contributed by atoms with E-state index in [4.69, 9.17) is 15.4 Å². The zero-order chi connectivity index (χ0) is 12.3. The highest BCUT2D eigenvalue weighted by atomic mass is 16.3. The molecule has 2 N–H and O–H groups in total. The van der Waals surface area contributed by atoms with E-state index in [0.29, 0.717) is 13.0 Å². The third-order valence-electron chi connectivity index (χ3n) is 3.04. The lowest BCUT2D eigenvalue weighted by Crippen LogP contribution is -2.46. The maximum absolute atomic E-state index is 12.1. The van der Waals surface area contributed by atoms with Gasteiger partial charge in [0.25, 0.3) is 0 Å². The van der Waals surface area contributed by atoms with Gasteiger partial charge in [0.1, 0.15) is 6.04 Å². The average Bonchev–Trinajstić information content (AvgIpc) is 2.97. The Bertz CT molecular complexity index is 421. The molecular weight excluding hydrogens is 218 g/mol. The molecule has 90 valence electrons. The Morgan fingerprint density at radius 3 is 3.24 bits per heavy atom. The molecule has 0 aromatic carbocycles. The molecule has 5 heteroatoms. The van der Waals surface area contributed by atoms with E-state index in [2.05, 4.69) is 6.07 Å². The summed E-state index contributed by atoms with van der Waals surface area (Å²) in [5.41, 5.74) is 6.76. The number of likely N-dealkylation sites (tertiary alicyclic amines) is 1. The molecule has 1 aliphatic rings. The van der Waals surface area contributed by atoms with Crippen LogP contribution in [0.15, 0.2) is 23.0 Å². The van der Waals surface area contributed by atoms with Gasteiger partial charge in [-0.2, -0.15) is 5.26 Å². The van der Waals surface area contributed by atoms with Crippen molar-refractivity contribution in [3.63, 3.8) is 0 Å². The molecule has 0 spiro atoms. The zero-order valence-electron chi connectivity index (χ0n) is 9.50. The molecule has 1 aromatic rings. The number of nitrogens with zero attached hydrogens (tertiary/aromatic N) is 2. The number of rotatable bonds is 3. The Morgan fingerprint density at radius 2 is 2.59 bits per heavy atom. The Labute approximate surface area is 99.8 Å². The van der Waals surface area contributed by atoms with Crippen LogP contribution in [0.2, 0.25) is 0 Å². The number of amides is 1. The molecule has 2 rings (SSSR count). The van der Waals surface area contributed by atoms with Gasteiger partial charge >= 0.3 is 0 Å². The van der Waals surface area contributed by atoms with Crippen LogP contribution in [0.3, 0.4) is 0 Å². The molecule has 2 heterocycles. The van der Waals surface area contributed by atoms with Crippen LogP contribution < -0.4 is 5.73 Å². The van der Waals surface area contributed by atoms with Crippen LogP contribution >= 0.6 is 0 Å². The molecule has 1 amide bonds. The molecular formula is C12H15N3O2. The number of carbonyl (C=O) groups excluding carboxylic acids is 1. The first-order valence-corrected chi connectivity index (χ1v) is 5.69. The summed E-state index contributed by atoms with van der Waals surface area (Å²) >= 11 is 0. The van der Waals surface area contributed by atoms with Crippen LogP contribution in [0.25, 0.3) is 0 Å². The SMILES string of the molecule is N#C[C@@H]1CCCN1C(=O)[C@@H](N)Cc1ccoc1. The normalized spacial score (nSPS) is 21.2. The summed E-state index contributed by atoms with van der Waals surface area (Å²) in [4.78, 5) is 13.6. The van der Waals surface area contributed by atoms with Gasteiger partial charge in [0.05, 0.1) is 24.6 Å². The molecule has 0 radical (unpaired) electrons. The van der Waals surface area contributed by atoms with Gasteiger partial charge in [-0.1, -0.05) is 0 Å². The number of hydrogen-bond donors (Lipinski definition) is 1. The topological polar surface area (TPSA) is 83.3 Å². The molecule has 0 aliphatic carbocycles. The van der Waals surface area contributed by atoms with Gasteiger partial charge in [-0.05, 0) is 30.9 Å². The Kier molecular flexibility index (Phi) is 3.45. The van der Waals surface area contributed by atoms with Crippen LogP contribution in [-0.2, 0) is 11.2 Å². The van der Waals surface area contributed by atoms with Crippen molar-refractivity contribution in [3.05, 3.63) is 24.2 Å². The summed E-state index contributed by atoms with van der Waals surface area (Å²) in [6, 6.07) is 3.03. The Balaban J connectivity index is 1.97. The Morgan fingerprint density at radius 1 is 1.76 bits per heavy atom. The van der Waals surface area contributed by atoms with Crippen molar-refractivity contribution in [2.24, 2.45) is 5.73 Å². The second kappa shape index (κ2) is 5.02. The van der Waals surface area contributed by atoms with Crippen molar-refractivity contribution >= 4 is 5.91 Å². The molecule has 1 fully saturated rings. The minimum absolute atomic E-state index is 0.143. The highest BCUT2D eigenvalue weighted by Gasteiger charge is 2.31. The molecule has 1 saturated heterocycles. The lowest BCUT2D eigenvalue weighted by molar-refractivity contribution is -0.132. The third-order valence-corrected chi connectivity index (χ3v) is 3.04. The van der Waals surface area contributed by atoms with E-state index in [1.807, 2.05) is 0 Å². The quantitative estimate of drug-likeness (QED) is 0.831. The smallest absolute Gasteiger partial charge is 0.240 e. The predicted octanol–water partition coefficient (Wildman–Crippen LogP) is 0.664. The number of nitrogens with two attached hydrogens (primary N) is 1. The number of nitriles is 1. The largest absolute Gasteiger partial charge is 0.472 e. The molecule has 0 saturated carbocycles. The molecule has 0 bridgehead atoms. The van der Waals surface area contributed by atoms with Crippen molar-refractivity contribution in [2.75, 3.05) is 6.54 Å². The molecule has 2 atom stereocenters. The summed E-state index contributed by atoms with van der Waals surface area (Å²) < 4.78 is 4.93.